The highest BCUT2D eigenvalue weighted by atomic mass is 16.5. The Morgan fingerprint density at radius 1 is 1.39 bits per heavy atom. The number of ether oxygens (including phenoxy) is 1. The molecule has 0 bridgehead atoms. The molecule has 0 radical (unpaired) electrons. The molecule has 1 saturated carbocycles. The predicted octanol–water partition coefficient (Wildman–Crippen LogP) is 2.25. The first kappa shape index (κ1) is 13.1. The molecule has 3 nitrogen and oxygen atoms in total. The van der Waals surface area contributed by atoms with E-state index >= 15 is 0 Å². The highest BCUT2D eigenvalue weighted by molar-refractivity contribution is 5.83. The second-order valence-electron chi connectivity index (χ2n) is 5.13. The van der Waals surface area contributed by atoms with Crippen LogP contribution in [0.15, 0.2) is 30.3 Å². The van der Waals surface area contributed by atoms with E-state index in [9.17, 15) is 4.79 Å². The van der Waals surface area contributed by atoms with Crippen molar-refractivity contribution in [2.45, 2.75) is 31.1 Å². The van der Waals surface area contributed by atoms with Gasteiger partial charge in [-0.3, -0.25) is 4.79 Å². The van der Waals surface area contributed by atoms with E-state index in [1.165, 1.54) is 20.0 Å². The Morgan fingerprint density at radius 2 is 2.06 bits per heavy atom. The molecular formula is C15H21NO2. The fourth-order valence-electron chi connectivity index (χ4n) is 2.48. The summed E-state index contributed by atoms with van der Waals surface area (Å²) in [6, 6.07) is 9.77. The van der Waals surface area contributed by atoms with Crippen LogP contribution in [0, 0.1) is 5.92 Å². The van der Waals surface area contributed by atoms with E-state index < -0.39 is 5.41 Å². The van der Waals surface area contributed by atoms with Crippen LogP contribution in [0.2, 0.25) is 0 Å². The summed E-state index contributed by atoms with van der Waals surface area (Å²) in [7, 11) is 1.44. The maximum Gasteiger partial charge on any atom is 0.317 e. The third-order valence-corrected chi connectivity index (χ3v) is 3.93. The molecule has 98 valence electrons. The maximum absolute atomic E-state index is 12.2. The van der Waals surface area contributed by atoms with E-state index in [2.05, 4.69) is 0 Å². The second-order valence-corrected chi connectivity index (χ2v) is 5.13. The highest BCUT2D eigenvalue weighted by Crippen LogP contribution is 2.39. The highest BCUT2D eigenvalue weighted by Gasteiger charge is 2.41. The van der Waals surface area contributed by atoms with Gasteiger partial charge in [0.2, 0.25) is 0 Å². The Bertz CT molecular complexity index is 400. The van der Waals surface area contributed by atoms with Gasteiger partial charge in [-0.15, -0.1) is 0 Å². The lowest BCUT2D eigenvalue weighted by Crippen LogP contribution is -2.44. The molecule has 1 atom stereocenters. The zero-order chi connectivity index (χ0) is 13.0. The number of carbonyl (C=O) groups is 1. The van der Waals surface area contributed by atoms with Crippen LogP contribution in [0.4, 0.5) is 0 Å². The molecule has 18 heavy (non-hydrogen) atoms. The van der Waals surface area contributed by atoms with Crippen molar-refractivity contribution >= 4 is 5.97 Å². The number of benzene rings is 1. The smallest absolute Gasteiger partial charge is 0.317 e. The molecule has 1 aromatic rings. The standard InChI is InChI=1S/C15H21NO2/c1-18-14(17)15(11-16,10-9-12-7-8-12)13-5-3-2-4-6-13/h2-6,12H,7-11,16H2,1H3. The van der Waals surface area contributed by atoms with E-state index in [0.29, 0.717) is 6.54 Å². The summed E-state index contributed by atoms with van der Waals surface area (Å²) in [4.78, 5) is 12.2. The van der Waals surface area contributed by atoms with E-state index in [-0.39, 0.29) is 5.97 Å². The van der Waals surface area contributed by atoms with Crippen molar-refractivity contribution in [2.75, 3.05) is 13.7 Å². The van der Waals surface area contributed by atoms with Gasteiger partial charge < -0.3 is 10.5 Å². The topological polar surface area (TPSA) is 52.3 Å². The molecule has 0 spiro atoms. The monoisotopic (exact) mass is 247 g/mol. The largest absolute Gasteiger partial charge is 0.468 e. The van der Waals surface area contributed by atoms with Gasteiger partial charge in [0, 0.05) is 6.54 Å². The summed E-state index contributed by atoms with van der Waals surface area (Å²) < 4.78 is 4.99. The molecule has 1 aliphatic carbocycles. The molecule has 2 rings (SSSR count). The number of esters is 1. The van der Waals surface area contributed by atoms with Crippen molar-refractivity contribution in [1.29, 1.82) is 0 Å². The lowest BCUT2D eigenvalue weighted by Gasteiger charge is -2.30. The fraction of sp³-hybridized carbons (Fsp3) is 0.533. The molecular weight excluding hydrogens is 226 g/mol. The number of rotatable bonds is 6. The summed E-state index contributed by atoms with van der Waals surface area (Å²) in [6.45, 7) is 0.302. The van der Waals surface area contributed by atoms with Crippen molar-refractivity contribution in [3.63, 3.8) is 0 Å². The van der Waals surface area contributed by atoms with Gasteiger partial charge in [-0.1, -0.05) is 43.2 Å². The number of hydrogen-bond donors (Lipinski definition) is 1. The van der Waals surface area contributed by atoms with Gasteiger partial charge in [0.05, 0.1) is 7.11 Å². The average Bonchev–Trinajstić information content (AvgIpc) is 3.25. The Morgan fingerprint density at radius 3 is 2.56 bits per heavy atom. The van der Waals surface area contributed by atoms with Crippen molar-refractivity contribution < 1.29 is 9.53 Å². The van der Waals surface area contributed by atoms with Crippen LogP contribution in [0.5, 0.6) is 0 Å². The lowest BCUT2D eigenvalue weighted by molar-refractivity contribution is -0.147. The van der Waals surface area contributed by atoms with Crippen molar-refractivity contribution in [3.8, 4) is 0 Å². The number of nitrogens with two attached hydrogens (primary N) is 1. The molecule has 0 saturated heterocycles. The molecule has 1 unspecified atom stereocenters. The maximum atomic E-state index is 12.2. The molecule has 0 heterocycles. The minimum Gasteiger partial charge on any atom is -0.468 e. The average molecular weight is 247 g/mol. The quantitative estimate of drug-likeness (QED) is 0.784. The molecule has 1 aromatic carbocycles. The number of carbonyl (C=O) groups excluding carboxylic acids is 1. The Kier molecular flexibility index (Phi) is 4.02. The Labute approximate surface area is 108 Å². The Balaban J connectivity index is 2.26. The van der Waals surface area contributed by atoms with Crippen LogP contribution in [0.25, 0.3) is 0 Å². The first-order valence-electron chi connectivity index (χ1n) is 6.57. The fourth-order valence-corrected chi connectivity index (χ4v) is 2.48. The summed E-state index contributed by atoms with van der Waals surface area (Å²) in [5.41, 5.74) is 6.23. The van der Waals surface area contributed by atoms with Crippen molar-refractivity contribution in [3.05, 3.63) is 35.9 Å². The van der Waals surface area contributed by atoms with E-state index in [0.717, 1.165) is 24.3 Å². The van der Waals surface area contributed by atoms with Crippen molar-refractivity contribution in [2.24, 2.45) is 11.7 Å². The van der Waals surface area contributed by atoms with Crippen molar-refractivity contribution in [1.82, 2.24) is 0 Å². The zero-order valence-corrected chi connectivity index (χ0v) is 10.9. The first-order valence-corrected chi connectivity index (χ1v) is 6.57. The molecule has 1 fully saturated rings. The summed E-state index contributed by atoms with van der Waals surface area (Å²) >= 11 is 0. The van der Waals surface area contributed by atoms with Gasteiger partial charge >= 0.3 is 5.97 Å². The van der Waals surface area contributed by atoms with Crippen LogP contribution in [-0.2, 0) is 14.9 Å². The van der Waals surface area contributed by atoms with Gasteiger partial charge in [-0.05, 0) is 24.3 Å². The third-order valence-electron chi connectivity index (χ3n) is 3.93. The minimum atomic E-state index is -0.668. The molecule has 2 N–H and O–H groups in total. The lowest BCUT2D eigenvalue weighted by atomic mass is 9.76. The van der Waals surface area contributed by atoms with Crippen LogP contribution in [-0.4, -0.2) is 19.6 Å². The number of methoxy groups -OCH3 is 1. The normalized spacial score (nSPS) is 18.1. The van der Waals surface area contributed by atoms with Crippen LogP contribution >= 0.6 is 0 Å². The number of hydrogen-bond acceptors (Lipinski definition) is 3. The summed E-state index contributed by atoms with van der Waals surface area (Å²) in [6.07, 6.45) is 4.42. The van der Waals surface area contributed by atoms with Gasteiger partial charge in [-0.2, -0.15) is 0 Å². The van der Waals surface area contributed by atoms with Crippen LogP contribution < -0.4 is 5.73 Å². The van der Waals surface area contributed by atoms with Gasteiger partial charge in [-0.25, -0.2) is 0 Å². The Hall–Kier alpha value is -1.35. The zero-order valence-electron chi connectivity index (χ0n) is 10.9. The second kappa shape index (κ2) is 5.53. The van der Waals surface area contributed by atoms with E-state index in [1.807, 2.05) is 30.3 Å². The molecule has 3 heteroatoms. The van der Waals surface area contributed by atoms with Crippen LogP contribution in [0.1, 0.15) is 31.2 Å². The SMILES string of the molecule is COC(=O)C(CN)(CCC1CC1)c1ccccc1. The molecule has 0 aromatic heterocycles. The van der Waals surface area contributed by atoms with Gasteiger partial charge in [0.1, 0.15) is 5.41 Å². The first-order chi connectivity index (χ1) is 8.73. The minimum absolute atomic E-state index is 0.211. The molecule has 0 aliphatic heterocycles. The van der Waals surface area contributed by atoms with Crippen LogP contribution in [0.3, 0.4) is 0 Å². The molecule has 0 amide bonds. The predicted molar refractivity (Wildman–Crippen MR) is 71.1 cm³/mol. The third kappa shape index (κ3) is 2.56. The van der Waals surface area contributed by atoms with Gasteiger partial charge in [0.15, 0.2) is 0 Å². The molecule has 1 aliphatic rings. The van der Waals surface area contributed by atoms with E-state index in [4.69, 9.17) is 10.5 Å². The van der Waals surface area contributed by atoms with Gasteiger partial charge in [0.25, 0.3) is 0 Å². The summed E-state index contributed by atoms with van der Waals surface area (Å²) in [5.74, 6) is 0.571. The summed E-state index contributed by atoms with van der Waals surface area (Å²) in [5, 5.41) is 0. The van der Waals surface area contributed by atoms with E-state index in [1.54, 1.807) is 0 Å².